The van der Waals surface area contributed by atoms with E-state index in [1.54, 1.807) is 0 Å². The Labute approximate surface area is 152 Å². The molecule has 0 radical (unpaired) electrons. The molecule has 1 heterocycles. The number of aromatic nitrogens is 1. The SMILES string of the molecule is O=C(Cc1c(-c2ccccc2)[nH]c2ccccc12)NCc1ccccc1. The lowest BCUT2D eigenvalue weighted by atomic mass is 10.0. The molecule has 0 aliphatic carbocycles. The van der Waals surface area contributed by atoms with Gasteiger partial charge in [-0.15, -0.1) is 0 Å². The van der Waals surface area contributed by atoms with Gasteiger partial charge in [0.1, 0.15) is 0 Å². The van der Waals surface area contributed by atoms with Crippen molar-refractivity contribution in [2.24, 2.45) is 0 Å². The summed E-state index contributed by atoms with van der Waals surface area (Å²) in [6.45, 7) is 0.544. The van der Waals surface area contributed by atoms with Crippen molar-refractivity contribution in [2.75, 3.05) is 0 Å². The van der Waals surface area contributed by atoms with E-state index in [0.29, 0.717) is 13.0 Å². The Morgan fingerprint density at radius 2 is 1.46 bits per heavy atom. The van der Waals surface area contributed by atoms with Gasteiger partial charge in [-0.2, -0.15) is 0 Å². The maximum Gasteiger partial charge on any atom is 0.224 e. The molecule has 0 bridgehead atoms. The van der Waals surface area contributed by atoms with E-state index in [2.05, 4.69) is 28.5 Å². The number of benzene rings is 3. The number of fused-ring (bicyclic) bond motifs is 1. The molecule has 0 spiro atoms. The third kappa shape index (κ3) is 3.38. The maximum atomic E-state index is 12.6. The number of nitrogens with one attached hydrogen (secondary N) is 2. The number of amides is 1. The fourth-order valence-electron chi connectivity index (χ4n) is 3.25. The average molecular weight is 340 g/mol. The largest absolute Gasteiger partial charge is 0.354 e. The van der Waals surface area contributed by atoms with Gasteiger partial charge in [0.05, 0.1) is 12.1 Å². The second-order valence-corrected chi connectivity index (χ2v) is 6.33. The number of carbonyl (C=O) groups excluding carboxylic acids is 1. The van der Waals surface area contributed by atoms with Gasteiger partial charge in [-0.05, 0) is 22.8 Å². The summed E-state index contributed by atoms with van der Waals surface area (Å²) in [5.74, 6) is 0.0239. The lowest BCUT2D eigenvalue weighted by Gasteiger charge is -2.07. The summed E-state index contributed by atoms with van der Waals surface area (Å²) < 4.78 is 0. The summed E-state index contributed by atoms with van der Waals surface area (Å²) in [6.07, 6.45) is 0.348. The van der Waals surface area contributed by atoms with E-state index in [-0.39, 0.29) is 5.91 Å². The molecule has 4 aromatic rings. The van der Waals surface area contributed by atoms with Crippen molar-refractivity contribution in [3.8, 4) is 11.3 Å². The fourth-order valence-corrected chi connectivity index (χ4v) is 3.25. The van der Waals surface area contributed by atoms with Crippen molar-refractivity contribution in [3.63, 3.8) is 0 Å². The van der Waals surface area contributed by atoms with Crippen molar-refractivity contribution in [1.29, 1.82) is 0 Å². The number of para-hydroxylation sites is 1. The minimum Gasteiger partial charge on any atom is -0.354 e. The molecule has 1 amide bonds. The zero-order valence-corrected chi connectivity index (χ0v) is 14.4. The zero-order valence-electron chi connectivity index (χ0n) is 14.4. The van der Waals surface area contributed by atoms with Crippen LogP contribution in [0.25, 0.3) is 22.2 Å². The van der Waals surface area contributed by atoms with E-state index >= 15 is 0 Å². The van der Waals surface area contributed by atoms with Gasteiger partial charge < -0.3 is 10.3 Å². The standard InChI is InChI=1S/C23H20N2O/c26-22(24-16-17-9-3-1-4-10-17)15-20-19-13-7-8-14-21(19)25-23(20)18-11-5-2-6-12-18/h1-14,25H,15-16H2,(H,24,26). The lowest BCUT2D eigenvalue weighted by molar-refractivity contribution is -0.120. The van der Waals surface area contributed by atoms with Crippen molar-refractivity contribution >= 4 is 16.8 Å². The van der Waals surface area contributed by atoms with Crippen LogP contribution in [-0.4, -0.2) is 10.9 Å². The summed E-state index contributed by atoms with van der Waals surface area (Å²) in [6, 6.07) is 28.3. The molecule has 3 nitrogen and oxygen atoms in total. The smallest absolute Gasteiger partial charge is 0.224 e. The Balaban J connectivity index is 1.61. The average Bonchev–Trinajstić information content (AvgIpc) is 3.06. The van der Waals surface area contributed by atoms with E-state index in [1.807, 2.05) is 66.7 Å². The molecule has 26 heavy (non-hydrogen) atoms. The van der Waals surface area contributed by atoms with Gasteiger partial charge in [0.15, 0.2) is 0 Å². The van der Waals surface area contributed by atoms with Gasteiger partial charge in [0.2, 0.25) is 5.91 Å². The normalized spacial score (nSPS) is 10.8. The van der Waals surface area contributed by atoms with E-state index < -0.39 is 0 Å². The van der Waals surface area contributed by atoms with Crippen LogP contribution in [0.15, 0.2) is 84.9 Å². The van der Waals surface area contributed by atoms with Gasteiger partial charge in [0.25, 0.3) is 0 Å². The molecule has 0 aliphatic heterocycles. The highest BCUT2D eigenvalue weighted by molar-refractivity contribution is 5.95. The van der Waals surface area contributed by atoms with Gasteiger partial charge in [0, 0.05) is 17.4 Å². The van der Waals surface area contributed by atoms with Crippen LogP contribution in [0.4, 0.5) is 0 Å². The monoisotopic (exact) mass is 340 g/mol. The number of H-pyrrole nitrogens is 1. The summed E-state index contributed by atoms with van der Waals surface area (Å²) in [5.41, 5.74) is 5.30. The van der Waals surface area contributed by atoms with Gasteiger partial charge in [-0.1, -0.05) is 78.9 Å². The third-order valence-electron chi connectivity index (χ3n) is 4.55. The first-order valence-corrected chi connectivity index (χ1v) is 8.77. The Hall–Kier alpha value is -3.33. The van der Waals surface area contributed by atoms with E-state index in [4.69, 9.17) is 0 Å². The molecule has 3 aromatic carbocycles. The van der Waals surface area contributed by atoms with Gasteiger partial charge in [-0.3, -0.25) is 4.79 Å². The summed E-state index contributed by atoms with van der Waals surface area (Å²) >= 11 is 0. The molecule has 0 fully saturated rings. The van der Waals surface area contributed by atoms with Crippen molar-refractivity contribution in [3.05, 3.63) is 96.1 Å². The quantitative estimate of drug-likeness (QED) is 0.544. The summed E-state index contributed by atoms with van der Waals surface area (Å²) in [7, 11) is 0. The Morgan fingerprint density at radius 1 is 0.808 bits per heavy atom. The summed E-state index contributed by atoms with van der Waals surface area (Å²) in [4.78, 5) is 16.1. The van der Waals surface area contributed by atoms with Crippen LogP contribution in [0.3, 0.4) is 0 Å². The highest BCUT2D eigenvalue weighted by Crippen LogP contribution is 2.30. The van der Waals surface area contributed by atoms with Crippen LogP contribution in [0.1, 0.15) is 11.1 Å². The van der Waals surface area contributed by atoms with Gasteiger partial charge >= 0.3 is 0 Å². The molecule has 0 unspecified atom stereocenters. The molecule has 0 atom stereocenters. The molecule has 0 aliphatic rings. The lowest BCUT2D eigenvalue weighted by Crippen LogP contribution is -2.24. The summed E-state index contributed by atoms with van der Waals surface area (Å²) in [5, 5.41) is 4.13. The first kappa shape index (κ1) is 16.2. The predicted molar refractivity (Wildman–Crippen MR) is 106 cm³/mol. The fraction of sp³-hybridized carbons (Fsp3) is 0.0870. The van der Waals surface area contributed by atoms with E-state index in [9.17, 15) is 4.79 Å². The predicted octanol–water partition coefficient (Wildman–Crippen LogP) is 4.69. The second-order valence-electron chi connectivity index (χ2n) is 6.33. The number of aromatic amines is 1. The van der Waals surface area contributed by atoms with Crippen LogP contribution in [0.2, 0.25) is 0 Å². The zero-order chi connectivity index (χ0) is 17.8. The number of hydrogen-bond donors (Lipinski definition) is 2. The first-order valence-electron chi connectivity index (χ1n) is 8.77. The number of carbonyl (C=O) groups is 1. The topological polar surface area (TPSA) is 44.9 Å². The van der Waals surface area contributed by atoms with Crippen LogP contribution >= 0.6 is 0 Å². The highest BCUT2D eigenvalue weighted by atomic mass is 16.1. The maximum absolute atomic E-state index is 12.6. The molecule has 4 rings (SSSR count). The Bertz CT molecular complexity index is 1020. The van der Waals surface area contributed by atoms with E-state index in [1.165, 1.54) is 0 Å². The first-order chi connectivity index (χ1) is 12.8. The molecular weight excluding hydrogens is 320 g/mol. The Morgan fingerprint density at radius 3 is 2.23 bits per heavy atom. The molecule has 3 heteroatoms. The third-order valence-corrected chi connectivity index (χ3v) is 4.55. The number of rotatable bonds is 5. The van der Waals surface area contributed by atoms with Crippen LogP contribution in [-0.2, 0) is 17.8 Å². The molecule has 0 saturated heterocycles. The van der Waals surface area contributed by atoms with Crippen molar-refractivity contribution in [2.45, 2.75) is 13.0 Å². The van der Waals surface area contributed by atoms with Crippen molar-refractivity contribution in [1.82, 2.24) is 10.3 Å². The van der Waals surface area contributed by atoms with E-state index in [0.717, 1.165) is 33.3 Å². The molecular formula is C23H20N2O. The second kappa shape index (κ2) is 7.28. The minimum absolute atomic E-state index is 0.0239. The molecule has 0 saturated carbocycles. The molecule has 1 aromatic heterocycles. The molecule has 128 valence electrons. The van der Waals surface area contributed by atoms with Crippen LogP contribution in [0.5, 0.6) is 0 Å². The Kier molecular flexibility index (Phi) is 4.52. The van der Waals surface area contributed by atoms with Crippen LogP contribution < -0.4 is 5.32 Å². The highest BCUT2D eigenvalue weighted by Gasteiger charge is 2.15. The molecule has 2 N–H and O–H groups in total. The van der Waals surface area contributed by atoms with Crippen LogP contribution in [0, 0.1) is 0 Å². The number of hydrogen-bond acceptors (Lipinski definition) is 1. The minimum atomic E-state index is 0.0239. The van der Waals surface area contributed by atoms with Crippen molar-refractivity contribution < 1.29 is 4.79 Å². The van der Waals surface area contributed by atoms with Gasteiger partial charge in [-0.25, -0.2) is 0 Å².